The van der Waals surface area contributed by atoms with E-state index in [1.165, 1.54) is 0 Å². The van der Waals surface area contributed by atoms with Gasteiger partial charge in [-0.1, -0.05) is 0 Å². The van der Waals surface area contributed by atoms with Crippen LogP contribution in [-0.4, -0.2) is 18.8 Å². The molecular formula is C17H17NO3. The number of aromatic nitrogens is 1. The van der Waals surface area contributed by atoms with Gasteiger partial charge in [0.05, 0.1) is 25.3 Å². The van der Waals surface area contributed by atoms with Crippen LogP contribution in [0, 0.1) is 0 Å². The van der Waals surface area contributed by atoms with Crippen molar-refractivity contribution in [2.45, 2.75) is 13.5 Å². The maximum absolute atomic E-state index is 12.7. The molecule has 0 spiro atoms. The molecule has 2 aromatic carbocycles. The third-order valence-electron chi connectivity index (χ3n) is 3.80. The Kier molecular flexibility index (Phi) is 3.29. The molecule has 0 unspecified atom stereocenters. The molecule has 0 aliphatic carbocycles. The maximum atomic E-state index is 12.7. The lowest BCUT2D eigenvalue weighted by atomic mass is 10.1. The first-order chi connectivity index (χ1) is 10.2. The monoisotopic (exact) mass is 283 g/mol. The van der Waals surface area contributed by atoms with Crippen molar-refractivity contribution in [2.75, 3.05) is 14.2 Å². The smallest absolute Gasteiger partial charge is 0.197 e. The molecular weight excluding hydrogens is 266 g/mol. The Morgan fingerprint density at radius 2 is 1.38 bits per heavy atom. The summed E-state index contributed by atoms with van der Waals surface area (Å²) in [6.07, 6.45) is 0. The molecule has 0 bridgehead atoms. The average Bonchev–Trinajstić information content (AvgIpc) is 2.54. The van der Waals surface area contributed by atoms with Gasteiger partial charge in [-0.15, -0.1) is 0 Å². The van der Waals surface area contributed by atoms with Crippen LogP contribution in [0.3, 0.4) is 0 Å². The van der Waals surface area contributed by atoms with Crippen LogP contribution in [0.2, 0.25) is 0 Å². The van der Waals surface area contributed by atoms with Gasteiger partial charge in [-0.25, -0.2) is 0 Å². The molecule has 4 heteroatoms. The van der Waals surface area contributed by atoms with Crippen molar-refractivity contribution in [2.24, 2.45) is 0 Å². The van der Waals surface area contributed by atoms with Gasteiger partial charge in [0.2, 0.25) is 0 Å². The molecule has 0 atom stereocenters. The minimum absolute atomic E-state index is 0.0370. The van der Waals surface area contributed by atoms with E-state index in [2.05, 4.69) is 11.5 Å². The maximum Gasteiger partial charge on any atom is 0.197 e. The molecule has 21 heavy (non-hydrogen) atoms. The third-order valence-corrected chi connectivity index (χ3v) is 3.80. The van der Waals surface area contributed by atoms with E-state index in [1.807, 2.05) is 36.4 Å². The summed E-state index contributed by atoms with van der Waals surface area (Å²) >= 11 is 0. The number of pyridine rings is 1. The van der Waals surface area contributed by atoms with Gasteiger partial charge in [0.15, 0.2) is 5.43 Å². The molecule has 3 aromatic rings. The Bertz CT molecular complexity index is 812. The Balaban J connectivity index is 2.52. The number of hydrogen-bond acceptors (Lipinski definition) is 3. The second-order valence-electron chi connectivity index (χ2n) is 4.84. The number of rotatable bonds is 3. The van der Waals surface area contributed by atoms with Gasteiger partial charge in [-0.2, -0.15) is 0 Å². The van der Waals surface area contributed by atoms with E-state index in [4.69, 9.17) is 9.47 Å². The number of nitrogens with zero attached hydrogens (tertiary/aromatic N) is 1. The normalized spacial score (nSPS) is 11.0. The van der Waals surface area contributed by atoms with Crippen molar-refractivity contribution in [3.63, 3.8) is 0 Å². The summed E-state index contributed by atoms with van der Waals surface area (Å²) in [7, 11) is 3.25. The standard InChI is InChI=1S/C17H17NO3/c1-4-18-15-9-11(20-2)5-7-13(15)17(19)14-8-6-12(21-3)10-16(14)18/h5-10H,4H2,1-3H3. The number of fused-ring (bicyclic) bond motifs is 2. The molecule has 0 N–H and O–H groups in total. The van der Waals surface area contributed by atoms with Crippen LogP contribution in [0.15, 0.2) is 41.2 Å². The Morgan fingerprint density at radius 1 is 0.905 bits per heavy atom. The first-order valence-corrected chi connectivity index (χ1v) is 6.88. The fourth-order valence-corrected chi connectivity index (χ4v) is 2.72. The lowest BCUT2D eigenvalue weighted by Gasteiger charge is -2.14. The third kappa shape index (κ3) is 2.03. The van der Waals surface area contributed by atoms with Crippen molar-refractivity contribution in [1.82, 2.24) is 4.57 Å². The van der Waals surface area contributed by atoms with Crippen LogP contribution >= 0.6 is 0 Å². The molecule has 108 valence electrons. The van der Waals surface area contributed by atoms with Crippen LogP contribution < -0.4 is 14.9 Å². The molecule has 3 rings (SSSR count). The molecule has 0 saturated heterocycles. The van der Waals surface area contributed by atoms with E-state index < -0.39 is 0 Å². The minimum atomic E-state index is 0.0370. The molecule has 1 aromatic heterocycles. The van der Waals surface area contributed by atoms with Gasteiger partial charge in [0.25, 0.3) is 0 Å². The fourth-order valence-electron chi connectivity index (χ4n) is 2.72. The number of ether oxygens (including phenoxy) is 2. The quantitative estimate of drug-likeness (QED) is 0.693. The Hall–Kier alpha value is -2.49. The first kappa shape index (κ1) is 13.5. The minimum Gasteiger partial charge on any atom is -0.497 e. The summed E-state index contributed by atoms with van der Waals surface area (Å²) in [6, 6.07) is 11.1. The summed E-state index contributed by atoms with van der Waals surface area (Å²) in [4.78, 5) is 12.7. The largest absolute Gasteiger partial charge is 0.497 e. The fraction of sp³-hybridized carbons (Fsp3) is 0.235. The number of methoxy groups -OCH3 is 2. The zero-order valence-electron chi connectivity index (χ0n) is 12.3. The van der Waals surface area contributed by atoms with Crippen LogP contribution in [0.4, 0.5) is 0 Å². The van der Waals surface area contributed by atoms with Gasteiger partial charge < -0.3 is 14.0 Å². The number of aryl methyl sites for hydroxylation is 1. The van der Waals surface area contributed by atoms with E-state index in [1.54, 1.807) is 14.2 Å². The van der Waals surface area contributed by atoms with Crippen LogP contribution in [0.25, 0.3) is 21.8 Å². The van der Waals surface area contributed by atoms with E-state index in [9.17, 15) is 4.79 Å². The predicted molar refractivity (Wildman–Crippen MR) is 84.5 cm³/mol. The van der Waals surface area contributed by atoms with E-state index in [-0.39, 0.29) is 5.43 Å². The highest BCUT2D eigenvalue weighted by Gasteiger charge is 2.11. The molecule has 0 radical (unpaired) electrons. The van der Waals surface area contributed by atoms with E-state index in [0.29, 0.717) is 10.8 Å². The van der Waals surface area contributed by atoms with E-state index in [0.717, 1.165) is 29.1 Å². The molecule has 0 saturated carbocycles. The molecule has 0 aliphatic rings. The van der Waals surface area contributed by atoms with Crippen molar-refractivity contribution in [3.05, 3.63) is 46.6 Å². The highest BCUT2D eigenvalue weighted by atomic mass is 16.5. The SMILES string of the molecule is CCn1c2cc(OC)ccc2c(=O)c2ccc(OC)cc21. The highest BCUT2D eigenvalue weighted by molar-refractivity contribution is 5.94. The van der Waals surface area contributed by atoms with Crippen molar-refractivity contribution in [1.29, 1.82) is 0 Å². The molecule has 4 nitrogen and oxygen atoms in total. The Labute approximate surface area is 122 Å². The first-order valence-electron chi connectivity index (χ1n) is 6.88. The van der Waals surface area contributed by atoms with Gasteiger partial charge >= 0.3 is 0 Å². The average molecular weight is 283 g/mol. The highest BCUT2D eigenvalue weighted by Crippen LogP contribution is 2.25. The second kappa shape index (κ2) is 5.13. The molecule has 0 fully saturated rings. The summed E-state index contributed by atoms with van der Waals surface area (Å²) in [5.74, 6) is 1.48. The van der Waals surface area contributed by atoms with E-state index >= 15 is 0 Å². The van der Waals surface area contributed by atoms with Gasteiger partial charge in [-0.05, 0) is 31.2 Å². The molecule has 0 aliphatic heterocycles. The van der Waals surface area contributed by atoms with Crippen LogP contribution in [0.5, 0.6) is 11.5 Å². The predicted octanol–water partition coefficient (Wildman–Crippen LogP) is 3.19. The number of benzene rings is 2. The van der Waals surface area contributed by atoms with Crippen molar-refractivity contribution in [3.8, 4) is 11.5 Å². The van der Waals surface area contributed by atoms with Crippen molar-refractivity contribution < 1.29 is 9.47 Å². The topological polar surface area (TPSA) is 40.5 Å². The summed E-state index contributed by atoms with van der Waals surface area (Å²) in [6.45, 7) is 2.82. The lowest BCUT2D eigenvalue weighted by molar-refractivity contribution is 0.415. The molecule has 0 amide bonds. The summed E-state index contributed by atoms with van der Waals surface area (Å²) < 4.78 is 12.7. The van der Waals surface area contributed by atoms with Crippen LogP contribution in [0.1, 0.15) is 6.92 Å². The van der Waals surface area contributed by atoms with Gasteiger partial charge in [0, 0.05) is 29.4 Å². The zero-order chi connectivity index (χ0) is 15.0. The Morgan fingerprint density at radius 3 is 1.76 bits per heavy atom. The van der Waals surface area contributed by atoms with Gasteiger partial charge in [-0.3, -0.25) is 4.79 Å². The summed E-state index contributed by atoms with van der Waals surface area (Å²) in [5.41, 5.74) is 1.79. The lowest BCUT2D eigenvalue weighted by Crippen LogP contribution is -2.11. The second-order valence-corrected chi connectivity index (χ2v) is 4.84. The van der Waals surface area contributed by atoms with Gasteiger partial charge in [0.1, 0.15) is 11.5 Å². The zero-order valence-corrected chi connectivity index (χ0v) is 12.3. The molecule has 1 heterocycles. The summed E-state index contributed by atoms with van der Waals surface area (Å²) in [5, 5.41) is 1.41. The van der Waals surface area contributed by atoms with Crippen LogP contribution in [-0.2, 0) is 6.54 Å². The van der Waals surface area contributed by atoms with Crippen molar-refractivity contribution >= 4 is 21.8 Å². The number of hydrogen-bond donors (Lipinski definition) is 0.